The molecule has 0 bridgehead atoms. The molecule has 4 nitrogen and oxygen atoms in total. The first-order valence-corrected chi connectivity index (χ1v) is 7.30. The van der Waals surface area contributed by atoms with Crippen molar-refractivity contribution in [2.75, 3.05) is 26.3 Å². The predicted octanol–water partition coefficient (Wildman–Crippen LogP) is 2.63. The quantitative estimate of drug-likeness (QED) is 0.853. The first-order valence-electron chi connectivity index (χ1n) is 6.51. The Bertz CT molecular complexity index is 472. The molecule has 1 aliphatic heterocycles. The molecule has 2 rings (SSSR count). The Balaban J connectivity index is 2.18. The van der Waals surface area contributed by atoms with Gasteiger partial charge in [0, 0.05) is 17.6 Å². The van der Waals surface area contributed by atoms with Gasteiger partial charge in [-0.25, -0.2) is 0 Å². The van der Waals surface area contributed by atoms with E-state index in [1.807, 2.05) is 30.9 Å². The van der Waals surface area contributed by atoms with E-state index >= 15 is 0 Å². The van der Waals surface area contributed by atoms with Crippen LogP contribution >= 0.6 is 15.9 Å². The van der Waals surface area contributed by atoms with Crippen LogP contribution in [0.25, 0.3) is 0 Å². The summed E-state index contributed by atoms with van der Waals surface area (Å²) in [5.74, 6) is 1.58. The lowest BCUT2D eigenvalue weighted by molar-refractivity contribution is -0.130. The van der Waals surface area contributed by atoms with Crippen LogP contribution in [0, 0.1) is 0 Å². The van der Waals surface area contributed by atoms with Crippen molar-refractivity contribution in [1.29, 1.82) is 0 Å². The van der Waals surface area contributed by atoms with Crippen LogP contribution in [-0.4, -0.2) is 37.1 Å². The van der Waals surface area contributed by atoms with E-state index < -0.39 is 0 Å². The number of fused-ring (bicyclic) bond motifs is 1. The Morgan fingerprint density at radius 1 is 1.21 bits per heavy atom. The zero-order valence-corrected chi connectivity index (χ0v) is 12.8. The highest BCUT2D eigenvalue weighted by atomic mass is 79.9. The summed E-state index contributed by atoms with van der Waals surface area (Å²) in [5.41, 5.74) is 0.932. The minimum absolute atomic E-state index is 0.127. The van der Waals surface area contributed by atoms with Crippen molar-refractivity contribution in [3.8, 4) is 11.5 Å². The van der Waals surface area contributed by atoms with Crippen molar-refractivity contribution < 1.29 is 14.3 Å². The van der Waals surface area contributed by atoms with Crippen LogP contribution in [-0.2, 0) is 11.2 Å². The Morgan fingerprint density at radius 2 is 1.79 bits per heavy atom. The Hall–Kier alpha value is -1.23. The highest BCUT2D eigenvalue weighted by Gasteiger charge is 2.18. The van der Waals surface area contributed by atoms with Gasteiger partial charge in [-0.1, -0.05) is 15.9 Å². The van der Waals surface area contributed by atoms with Crippen LogP contribution in [0.2, 0.25) is 0 Å². The maximum atomic E-state index is 12.1. The highest BCUT2D eigenvalue weighted by molar-refractivity contribution is 9.10. The van der Waals surface area contributed by atoms with Crippen LogP contribution in [0.5, 0.6) is 11.5 Å². The molecule has 1 amide bonds. The predicted molar refractivity (Wildman–Crippen MR) is 76.8 cm³/mol. The summed E-state index contributed by atoms with van der Waals surface area (Å²) >= 11 is 3.49. The lowest BCUT2D eigenvalue weighted by atomic mass is 10.1. The fourth-order valence-corrected chi connectivity index (χ4v) is 2.56. The Labute approximate surface area is 121 Å². The van der Waals surface area contributed by atoms with Gasteiger partial charge in [0.1, 0.15) is 13.2 Å². The van der Waals surface area contributed by atoms with E-state index in [9.17, 15) is 4.79 Å². The molecule has 0 radical (unpaired) electrons. The van der Waals surface area contributed by atoms with Crippen molar-refractivity contribution >= 4 is 21.8 Å². The summed E-state index contributed by atoms with van der Waals surface area (Å²) in [5, 5.41) is 0. The zero-order valence-electron chi connectivity index (χ0n) is 11.2. The van der Waals surface area contributed by atoms with Crippen molar-refractivity contribution in [3.63, 3.8) is 0 Å². The summed E-state index contributed by atoms with van der Waals surface area (Å²) in [7, 11) is 0. The number of rotatable bonds is 4. The molecular weight excluding hydrogens is 310 g/mol. The van der Waals surface area contributed by atoms with E-state index in [0.717, 1.165) is 34.6 Å². The smallest absolute Gasteiger partial charge is 0.227 e. The molecule has 0 aliphatic carbocycles. The molecule has 0 saturated carbocycles. The van der Waals surface area contributed by atoms with Crippen LogP contribution in [0.15, 0.2) is 16.6 Å². The number of likely N-dealkylation sites (N-methyl/N-ethyl adjacent to an activating group) is 1. The number of carbonyl (C=O) groups is 1. The minimum atomic E-state index is 0.127. The maximum Gasteiger partial charge on any atom is 0.227 e. The third kappa shape index (κ3) is 3.21. The topological polar surface area (TPSA) is 38.8 Å². The largest absolute Gasteiger partial charge is 0.486 e. The molecule has 1 heterocycles. The number of ether oxygens (including phenoxy) is 2. The second-order valence-corrected chi connectivity index (χ2v) is 5.18. The molecular formula is C14H18BrNO3. The summed E-state index contributed by atoms with van der Waals surface area (Å²) in [4.78, 5) is 14.0. The number of nitrogens with zero attached hydrogens (tertiary/aromatic N) is 1. The number of hydrogen-bond donors (Lipinski definition) is 0. The van der Waals surface area contributed by atoms with Gasteiger partial charge in [0.15, 0.2) is 11.5 Å². The molecule has 0 N–H and O–H groups in total. The standard InChI is InChI=1S/C14H18BrNO3/c1-3-16(4-2)14(17)8-10-7-12-13(9-11(10)15)19-6-5-18-12/h7,9H,3-6,8H2,1-2H3. The number of carbonyl (C=O) groups excluding carboxylic acids is 1. The van der Waals surface area contributed by atoms with Crippen molar-refractivity contribution in [2.45, 2.75) is 20.3 Å². The normalized spacial score (nSPS) is 13.2. The third-order valence-electron chi connectivity index (χ3n) is 3.17. The van der Waals surface area contributed by atoms with Crippen LogP contribution in [0.1, 0.15) is 19.4 Å². The molecule has 0 unspecified atom stereocenters. The SMILES string of the molecule is CCN(CC)C(=O)Cc1cc2c(cc1Br)OCCO2. The van der Waals surface area contributed by atoms with Gasteiger partial charge in [-0.2, -0.15) is 0 Å². The average Bonchev–Trinajstić information content (AvgIpc) is 2.41. The van der Waals surface area contributed by atoms with E-state index in [4.69, 9.17) is 9.47 Å². The van der Waals surface area contributed by atoms with Crippen LogP contribution in [0.3, 0.4) is 0 Å². The van der Waals surface area contributed by atoms with E-state index in [2.05, 4.69) is 15.9 Å². The lowest BCUT2D eigenvalue weighted by Crippen LogP contribution is -2.31. The van der Waals surface area contributed by atoms with Crippen molar-refractivity contribution in [1.82, 2.24) is 4.90 Å². The van der Waals surface area contributed by atoms with Gasteiger partial charge in [0.2, 0.25) is 5.91 Å². The molecule has 1 aromatic rings. The summed E-state index contributed by atoms with van der Waals surface area (Å²) < 4.78 is 11.9. The molecule has 19 heavy (non-hydrogen) atoms. The van der Waals surface area contributed by atoms with Gasteiger partial charge in [-0.15, -0.1) is 0 Å². The molecule has 0 aromatic heterocycles. The van der Waals surface area contributed by atoms with Crippen LogP contribution in [0.4, 0.5) is 0 Å². The van der Waals surface area contributed by atoms with Crippen molar-refractivity contribution in [2.24, 2.45) is 0 Å². The Kier molecular flexibility index (Phi) is 4.69. The Morgan fingerprint density at radius 3 is 2.37 bits per heavy atom. The van der Waals surface area contributed by atoms with Crippen molar-refractivity contribution in [3.05, 3.63) is 22.2 Å². The van der Waals surface area contributed by atoms with Gasteiger partial charge >= 0.3 is 0 Å². The first-order chi connectivity index (χ1) is 9.15. The lowest BCUT2D eigenvalue weighted by Gasteiger charge is -2.21. The van der Waals surface area contributed by atoms with E-state index in [0.29, 0.717) is 19.6 Å². The van der Waals surface area contributed by atoms with E-state index in [1.54, 1.807) is 0 Å². The molecule has 0 fully saturated rings. The van der Waals surface area contributed by atoms with E-state index in [-0.39, 0.29) is 5.91 Å². The van der Waals surface area contributed by atoms with Gasteiger partial charge in [-0.3, -0.25) is 4.79 Å². The summed E-state index contributed by atoms with van der Waals surface area (Å²) in [6.45, 7) is 6.56. The third-order valence-corrected chi connectivity index (χ3v) is 3.91. The summed E-state index contributed by atoms with van der Waals surface area (Å²) in [6, 6.07) is 3.76. The van der Waals surface area contributed by atoms with Gasteiger partial charge < -0.3 is 14.4 Å². The second kappa shape index (κ2) is 6.28. The summed E-state index contributed by atoms with van der Waals surface area (Å²) in [6.07, 6.45) is 0.374. The molecule has 0 spiro atoms. The molecule has 104 valence electrons. The molecule has 1 aromatic carbocycles. The first kappa shape index (κ1) is 14.2. The number of halogens is 1. The van der Waals surface area contributed by atoms with Gasteiger partial charge in [0.05, 0.1) is 6.42 Å². The average molecular weight is 328 g/mol. The number of hydrogen-bond acceptors (Lipinski definition) is 3. The molecule has 0 saturated heterocycles. The molecule has 1 aliphatic rings. The fraction of sp³-hybridized carbons (Fsp3) is 0.500. The molecule has 5 heteroatoms. The number of benzene rings is 1. The van der Waals surface area contributed by atoms with Gasteiger partial charge in [-0.05, 0) is 31.5 Å². The minimum Gasteiger partial charge on any atom is -0.486 e. The fourth-order valence-electron chi connectivity index (χ4n) is 2.09. The second-order valence-electron chi connectivity index (χ2n) is 4.33. The van der Waals surface area contributed by atoms with Crippen LogP contribution < -0.4 is 9.47 Å². The van der Waals surface area contributed by atoms with Gasteiger partial charge in [0.25, 0.3) is 0 Å². The molecule has 0 atom stereocenters. The number of amides is 1. The maximum absolute atomic E-state index is 12.1. The van der Waals surface area contributed by atoms with E-state index in [1.165, 1.54) is 0 Å². The monoisotopic (exact) mass is 327 g/mol. The zero-order chi connectivity index (χ0) is 13.8. The highest BCUT2D eigenvalue weighted by Crippen LogP contribution is 2.35.